The number of para-hydroxylation sites is 1. The highest BCUT2D eigenvalue weighted by Gasteiger charge is 2.35. The van der Waals surface area contributed by atoms with E-state index in [1.165, 1.54) is 5.56 Å². The second kappa shape index (κ2) is 8.07. The van der Waals surface area contributed by atoms with E-state index < -0.39 is 0 Å². The number of rotatable bonds is 5. The summed E-state index contributed by atoms with van der Waals surface area (Å²) in [7, 11) is 0. The highest BCUT2D eigenvalue weighted by Crippen LogP contribution is 2.38. The van der Waals surface area contributed by atoms with Crippen LogP contribution in [0.2, 0.25) is 0 Å². The van der Waals surface area contributed by atoms with Gasteiger partial charge < -0.3 is 4.90 Å². The molecule has 2 aromatic carbocycles. The van der Waals surface area contributed by atoms with E-state index in [2.05, 4.69) is 30.1 Å². The number of thioether (sulfide) groups is 1. The lowest BCUT2D eigenvalue weighted by Gasteiger charge is -2.39. The number of amides is 2. The van der Waals surface area contributed by atoms with Crippen molar-refractivity contribution in [2.24, 2.45) is 0 Å². The normalized spacial score (nSPS) is 14.7. The first-order valence-corrected chi connectivity index (χ1v) is 10.6. The molecule has 1 atom stereocenters. The Morgan fingerprint density at radius 3 is 2.57 bits per heavy atom. The van der Waals surface area contributed by atoms with Gasteiger partial charge in [0.05, 0.1) is 12.2 Å². The van der Waals surface area contributed by atoms with Gasteiger partial charge in [0.25, 0.3) is 0 Å². The van der Waals surface area contributed by atoms with Gasteiger partial charge in [-0.15, -0.1) is 11.8 Å². The fourth-order valence-electron chi connectivity index (χ4n) is 3.67. The van der Waals surface area contributed by atoms with Crippen molar-refractivity contribution in [3.05, 3.63) is 84.1 Å². The summed E-state index contributed by atoms with van der Waals surface area (Å²) in [6.07, 6.45) is 4.60. The first-order chi connectivity index (χ1) is 13.7. The van der Waals surface area contributed by atoms with E-state index in [9.17, 15) is 4.79 Å². The number of hydrogen-bond donors (Lipinski definition) is 0. The third kappa shape index (κ3) is 3.50. The van der Waals surface area contributed by atoms with Gasteiger partial charge in [-0.2, -0.15) is 0 Å². The number of aromatic nitrogens is 1. The summed E-state index contributed by atoms with van der Waals surface area (Å²) < 4.78 is 0. The minimum atomic E-state index is -0.0175. The van der Waals surface area contributed by atoms with E-state index in [1.807, 2.05) is 59.7 Å². The largest absolute Gasteiger partial charge is 0.330 e. The fourth-order valence-corrected chi connectivity index (χ4v) is 4.25. The van der Waals surface area contributed by atoms with E-state index in [0.29, 0.717) is 6.54 Å². The first-order valence-electron chi connectivity index (χ1n) is 9.40. The summed E-state index contributed by atoms with van der Waals surface area (Å²) in [5.74, 6) is 0.733. The standard InChI is InChI=1S/C23H23N3OS/c1-17(15-18-9-4-3-5-10-18)25-16-19-11-8-14-24-22(19)26(23(25)27)20-12-6-7-13-21(20)28-2/h3-14,17H,15-16H2,1-2H3. The van der Waals surface area contributed by atoms with Crippen LogP contribution in [0.1, 0.15) is 18.1 Å². The van der Waals surface area contributed by atoms with Gasteiger partial charge in [-0.3, -0.25) is 0 Å². The molecule has 1 aliphatic rings. The van der Waals surface area contributed by atoms with Crippen LogP contribution in [0.3, 0.4) is 0 Å². The topological polar surface area (TPSA) is 36.4 Å². The Kier molecular flexibility index (Phi) is 5.35. The highest BCUT2D eigenvalue weighted by molar-refractivity contribution is 7.98. The second-order valence-electron chi connectivity index (χ2n) is 6.94. The molecule has 5 heteroatoms. The number of urea groups is 1. The molecule has 2 heterocycles. The maximum atomic E-state index is 13.6. The molecule has 142 valence electrons. The predicted octanol–water partition coefficient (Wildman–Crippen LogP) is 5.51. The number of anilines is 2. The molecule has 4 rings (SSSR count). The lowest BCUT2D eigenvalue weighted by molar-refractivity contribution is 0.180. The zero-order chi connectivity index (χ0) is 19.5. The van der Waals surface area contributed by atoms with Crippen LogP contribution in [0, 0.1) is 0 Å². The van der Waals surface area contributed by atoms with Crippen molar-refractivity contribution in [3.8, 4) is 0 Å². The molecule has 0 saturated carbocycles. The average Bonchev–Trinajstić information content (AvgIpc) is 2.74. The van der Waals surface area contributed by atoms with Crippen molar-refractivity contribution in [1.29, 1.82) is 0 Å². The van der Waals surface area contributed by atoms with Crippen molar-refractivity contribution >= 4 is 29.3 Å². The summed E-state index contributed by atoms with van der Waals surface area (Å²) in [6.45, 7) is 2.69. The SMILES string of the molecule is CSc1ccccc1N1C(=O)N(C(C)Cc2ccccc2)Cc2cccnc21. The van der Waals surface area contributed by atoms with Crippen LogP contribution < -0.4 is 4.90 Å². The van der Waals surface area contributed by atoms with Crippen molar-refractivity contribution in [2.75, 3.05) is 11.2 Å². The lowest BCUT2D eigenvalue weighted by Crippen LogP contribution is -2.49. The molecule has 0 saturated heterocycles. The molecule has 2 amide bonds. The summed E-state index contributed by atoms with van der Waals surface area (Å²) in [5.41, 5.74) is 3.19. The molecule has 0 fully saturated rings. The van der Waals surface area contributed by atoms with Gasteiger partial charge in [0.2, 0.25) is 0 Å². The maximum Gasteiger partial charge on any atom is 0.330 e. The molecule has 0 radical (unpaired) electrons. The Bertz CT molecular complexity index is 976. The van der Waals surface area contributed by atoms with Gasteiger partial charge >= 0.3 is 6.03 Å². The van der Waals surface area contributed by atoms with Gasteiger partial charge in [0, 0.05) is 22.7 Å². The Hall–Kier alpha value is -2.79. The van der Waals surface area contributed by atoms with E-state index in [0.717, 1.165) is 28.4 Å². The molecule has 0 N–H and O–H groups in total. The van der Waals surface area contributed by atoms with E-state index in [-0.39, 0.29) is 12.1 Å². The molecule has 0 aliphatic carbocycles. The van der Waals surface area contributed by atoms with Gasteiger partial charge in [-0.1, -0.05) is 48.5 Å². The molecule has 28 heavy (non-hydrogen) atoms. The quantitative estimate of drug-likeness (QED) is 0.540. The summed E-state index contributed by atoms with van der Waals surface area (Å²) in [6, 6.07) is 22.4. The van der Waals surface area contributed by atoms with Crippen LogP contribution in [0.15, 0.2) is 77.8 Å². The van der Waals surface area contributed by atoms with Crippen LogP contribution in [0.4, 0.5) is 16.3 Å². The highest BCUT2D eigenvalue weighted by atomic mass is 32.2. The van der Waals surface area contributed by atoms with Gasteiger partial charge in [-0.05, 0) is 43.4 Å². The zero-order valence-electron chi connectivity index (χ0n) is 16.1. The Balaban J connectivity index is 1.73. The van der Waals surface area contributed by atoms with Crippen molar-refractivity contribution in [2.45, 2.75) is 30.8 Å². The van der Waals surface area contributed by atoms with Crippen LogP contribution in [-0.4, -0.2) is 28.2 Å². The van der Waals surface area contributed by atoms with Crippen LogP contribution in [0.5, 0.6) is 0 Å². The number of carbonyl (C=O) groups excluding carboxylic acids is 1. The van der Waals surface area contributed by atoms with Crippen LogP contribution >= 0.6 is 11.8 Å². The average molecular weight is 390 g/mol. The van der Waals surface area contributed by atoms with Gasteiger partial charge in [0.15, 0.2) is 0 Å². The Morgan fingerprint density at radius 2 is 1.79 bits per heavy atom. The van der Waals surface area contributed by atoms with Crippen molar-refractivity contribution in [3.63, 3.8) is 0 Å². The molecule has 3 aromatic rings. The van der Waals surface area contributed by atoms with Crippen molar-refractivity contribution in [1.82, 2.24) is 9.88 Å². The third-order valence-electron chi connectivity index (χ3n) is 5.09. The van der Waals surface area contributed by atoms with Crippen LogP contribution in [0.25, 0.3) is 0 Å². The number of carbonyl (C=O) groups is 1. The summed E-state index contributed by atoms with van der Waals surface area (Å²) in [4.78, 5) is 22.9. The van der Waals surface area contributed by atoms with E-state index in [1.54, 1.807) is 22.9 Å². The van der Waals surface area contributed by atoms with Gasteiger partial charge in [0.1, 0.15) is 5.82 Å². The molecule has 4 nitrogen and oxygen atoms in total. The van der Waals surface area contributed by atoms with E-state index >= 15 is 0 Å². The van der Waals surface area contributed by atoms with Crippen molar-refractivity contribution < 1.29 is 4.79 Å². The minimum absolute atomic E-state index is 0.0175. The van der Waals surface area contributed by atoms with E-state index in [4.69, 9.17) is 0 Å². The number of nitrogens with zero attached hydrogens (tertiary/aromatic N) is 3. The summed E-state index contributed by atoms with van der Waals surface area (Å²) >= 11 is 1.64. The zero-order valence-corrected chi connectivity index (χ0v) is 16.9. The maximum absolute atomic E-state index is 13.6. The predicted molar refractivity (Wildman–Crippen MR) is 115 cm³/mol. The third-order valence-corrected chi connectivity index (χ3v) is 5.87. The number of benzene rings is 2. The molecular weight excluding hydrogens is 366 g/mol. The Morgan fingerprint density at radius 1 is 1.04 bits per heavy atom. The molecular formula is C23H23N3OS. The van der Waals surface area contributed by atoms with Crippen LogP contribution in [-0.2, 0) is 13.0 Å². The molecule has 0 bridgehead atoms. The summed E-state index contributed by atoms with van der Waals surface area (Å²) in [5, 5.41) is 0. The first kappa shape index (κ1) is 18.6. The number of pyridine rings is 1. The molecule has 1 aromatic heterocycles. The molecule has 0 spiro atoms. The number of hydrogen-bond acceptors (Lipinski definition) is 3. The fraction of sp³-hybridized carbons (Fsp3) is 0.217. The Labute approximate surface area is 170 Å². The minimum Gasteiger partial charge on any atom is -0.317 e. The van der Waals surface area contributed by atoms with Gasteiger partial charge in [-0.25, -0.2) is 14.7 Å². The lowest BCUT2D eigenvalue weighted by atomic mass is 10.0. The smallest absolute Gasteiger partial charge is 0.317 e. The second-order valence-corrected chi connectivity index (χ2v) is 7.79. The molecule has 1 unspecified atom stereocenters. The molecule has 1 aliphatic heterocycles. The monoisotopic (exact) mass is 389 g/mol. The number of fused-ring (bicyclic) bond motifs is 1.